The molecule has 1 N–H and O–H groups in total. The molecule has 1 saturated heterocycles. The van der Waals surface area contributed by atoms with Crippen LogP contribution < -0.4 is 15.1 Å². The fourth-order valence-corrected chi connectivity index (χ4v) is 8.31. The molecule has 0 aromatic carbocycles. The zero-order valence-corrected chi connectivity index (χ0v) is 20.2. The highest BCUT2D eigenvalue weighted by molar-refractivity contribution is 6.32. The topological polar surface area (TPSA) is 77.3 Å². The minimum absolute atomic E-state index is 0.0648. The molecule has 5 aliphatic carbocycles. The lowest BCUT2D eigenvalue weighted by Crippen LogP contribution is -2.63. The molecular formula is C26H29ClN6O. The number of fused-ring (bicyclic) bond motifs is 2. The number of anilines is 3. The molecule has 34 heavy (non-hydrogen) atoms. The van der Waals surface area contributed by atoms with Crippen molar-refractivity contribution >= 4 is 29.1 Å². The molecule has 7 nitrogen and oxygen atoms in total. The number of allylic oxidation sites excluding steroid dienone is 1. The summed E-state index contributed by atoms with van der Waals surface area (Å²) >= 11 is 6.57. The number of nitriles is 1. The SMILES string of the molecule is C=C1N(C)c2cnc(NC3=CC4CCOC4C=C3Cl)nc2N1C12CC3CC(CC(C#N)(C3)C1)C2. The molecule has 4 saturated carbocycles. The zero-order chi connectivity index (χ0) is 23.2. The minimum atomic E-state index is -0.203. The van der Waals surface area contributed by atoms with Gasteiger partial charge in [0.15, 0.2) is 5.82 Å². The van der Waals surface area contributed by atoms with Crippen LogP contribution in [0.3, 0.4) is 0 Å². The second-order valence-electron chi connectivity index (χ2n) is 11.3. The Hall–Kier alpha value is -2.56. The second-order valence-corrected chi connectivity index (χ2v) is 11.7. The van der Waals surface area contributed by atoms with Gasteiger partial charge in [0.05, 0.1) is 40.1 Å². The maximum absolute atomic E-state index is 10.1. The van der Waals surface area contributed by atoms with Crippen LogP contribution in [-0.2, 0) is 4.74 Å². The molecule has 176 valence electrons. The summed E-state index contributed by atoms with van der Waals surface area (Å²) < 4.78 is 5.75. The van der Waals surface area contributed by atoms with Crippen LogP contribution in [0.1, 0.15) is 44.9 Å². The van der Waals surface area contributed by atoms with Crippen molar-refractivity contribution in [1.29, 1.82) is 5.26 Å². The van der Waals surface area contributed by atoms with Gasteiger partial charge in [-0.05, 0) is 62.9 Å². The van der Waals surface area contributed by atoms with Crippen molar-refractivity contribution in [2.45, 2.75) is 56.6 Å². The highest BCUT2D eigenvalue weighted by Gasteiger charge is 2.62. The summed E-state index contributed by atoms with van der Waals surface area (Å²) in [5, 5.41) is 14.2. The van der Waals surface area contributed by atoms with Gasteiger partial charge in [-0.15, -0.1) is 0 Å². The van der Waals surface area contributed by atoms with E-state index in [0.717, 1.165) is 68.2 Å². The Balaban J connectivity index is 1.25. The molecule has 0 spiro atoms. The summed E-state index contributed by atoms with van der Waals surface area (Å²) in [6.45, 7) is 5.21. The van der Waals surface area contributed by atoms with E-state index < -0.39 is 0 Å². The maximum atomic E-state index is 10.1. The largest absolute Gasteiger partial charge is 0.373 e. The summed E-state index contributed by atoms with van der Waals surface area (Å²) in [6, 6.07) is 2.74. The number of aromatic nitrogens is 2. The van der Waals surface area contributed by atoms with Gasteiger partial charge in [0, 0.05) is 19.6 Å². The number of nitrogens with one attached hydrogen (secondary N) is 1. The van der Waals surface area contributed by atoms with Crippen LogP contribution in [0.2, 0.25) is 0 Å². The highest BCUT2D eigenvalue weighted by Crippen LogP contribution is 2.65. The Morgan fingerprint density at radius 1 is 1.26 bits per heavy atom. The van der Waals surface area contributed by atoms with Gasteiger partial charge in [0.25, 0.3) is 0 Å². The molecule has 0 radical (unpaired) electrons. The van der Waals surface area contributed by atoms with Crippen LogP contribution in [-0.4, -0.2) is 35.3 Å². The van der Waals surface area contributed by atoms with Crippen molar-refractivity contribution < 1.29 is 4.74 Å². The van der Waals surface area contributed by atoms with Gasteiger partial charge >= 0.3 is 0 Å². The van der Waals surface area contributed by atoms with Crippen LogP contribution >= 0.6 is 11.6 Å². The standard InChI is InChI=1S/C26H29ClN6O/c1-15-32(2)21-12-29-24(30-20-6-18-3-4-34-22(18)7-19(20)27)31-23(21)33(15)26-10-16-5-17(11-26)9-25(8-16,13-26)14-28/h6-7,12,16-18,22H,1,3-5,8-11,13H2,2H3,(H,29,30,31). The van der Waals surface area contributed by atoms with Crippen molar-refractivity contribution in [2.24, 2.45) is 23.2 Å². The van der Waals surface area contributed by atoms with Crippen molar-refractivity contribution in [3.05, 3.63) is 41.5 Å². The number of halogens is 1. The quantitative estimate of drug-likeness (QED) is 0.664. The lowest BCUT2D eigenvalue weighted by molar-refractivity contribution is -0.0370. The Bertz CT molecular complexity index is 1190. The van der Waals surface area contributed by atoms with Crippen LogP contribution in [0.4, 0.5) is 17.5 Å². The van der Waals surface area contributed by atoms with Gasteiger partial charge in [-0.3, -0.25) is 0 Å². The molecule has 4 atom stereocenters. The van der Waals surface area contributed by atoms with Gasteiger partial charge in [-0.1, -0.05) is 24.3 Å². The molecule has 4 unspecified atom stereocenters. The third kappa shape index (κ3) is 2.85. The van der Waals surface area contributed by atoms with Gasteiger partial charge in [-0.25, -0.2) is 4.98 Å². The Labute approximate surface area is 205 Å². The number of hydrogen-bond donors (Lipinski definition) is 1. The summed E-state index contributed by atoms with van der Waals surface area (Å²) in [6.07, 6.45) is 13.5. The smallest absolute Gasteiger partial charge is 0.229 e. The van der Waals surface area contributed by atoms with E-state index in [1.54, 1.807) is 0 Å². The van der Waals surface area contributed by atoms with Crippen molar-refractivity contribution in [2.75, 3.05) is 28.8 Å². The first-order valence-electron chi connectivity index (χ1n) is 12.4. The van der Waals surface area contributed by atoms with E-state index >= 15 is 0 Å². The molecule has 0 amide bonds. The zero-order valence-electron chi connectivity index (χ0n) is 19.4. The molecule has 8 rings (SSSR count). The van der Waals surface area contributed by atoms with E-state index in [2.05, 4.69) is 38.8 Å². The van der Waals surface area contributed by atoms with Crippen LogP contribution in [0.25, 0.3) is 0 Å². The van der Waals surface area contributed by atoms with Crippen molar-refractivity contribution in [1.82, 2.24) is 9.97 Å². The highest BCUT2D eigenvalue weighted by atomic mass is 35.5. The van der Waals surface area contributed by atoms with E-state index in [9.17, 15) is 5.26 Å². The molecule has 1 aromatic rings. The monoisotopic (exact) mass is 476 g/mol. The first-order chi connectivity index (χ1) is 16.4. The summed E-state index contributed by atoms with van der Waals surface area (Å²) in [5.41, 5.74) is 1.49. The Morgan fingerprint density at radius 3 is 2.82 bits per heavy atom. The molecular weight excluding hydrogens is 448 g/mol. The number of rotatable bonds is 3. The molecule has 4 bridgehead atoms. The van der Waals surface area contributed by atoms with Gasteiger partial charge in [0.2, 0.25) is 5.95 Å². The third-order valence-corrected chi connectivity index (χ3v) is 9.42. The predicted octanol–water partition coefficient (Wildman–Crippen LogP) is 4.90. The van der Waals surface area contributed by atoms with Crippen molar-refractivity contribution in [3.8, 4) is 6.07 Å². The predicted molar refractivity (Wildman–Crippen MR) is 131 cm³/mol. The van der Waals surface area contributed by atoms with Crippen molar-refractivity contribution in [3.63, 3.8) is 0 Å². The molecule has 8 heteroatoms. The average molecular weight is 477 g/mol. The molecule has 3 heterocycles. The number of ether oxygens (including phenoxy) is 1. The lowest BCUT2D eigenvalue weighted by atomic mass is 9.47. The summed E-state index contributed by atoms with van der Waals surface area (Å²) in [4.78, 5) is 14.1. The first kappa shape index (κ1) is 20.8. The molecule has 2 aliphatic heterocycles. The van der Waals surface area contributed by atoms with E-state index in [0.29, 0.717) is 28.7 Å². The van der Waals surface area contributed by atoms with Gasteiger partial charge in [-0.2, -0.15) is 10.2 Å². The third-order valence-electron chi connectivity index (χ3n) is 9.09. The number of hydrogen-bond acceptors (Lipinski definition) is 7. The van der Waals surface area contributed by atoms with Gasteiger partial charge < -0.3 is 19.9 Å². The Kier molecular flexibility index (Phi) is 4.27. The van der Waals surface area contributed by atoms with Crippen LogP contribution in [0, 0.1) is 34.5 Å². The first-order valence-corrected chi connectivity index (χ1v) is 12.8. The fourth-order valence-electron chi connectivity index (χ4n) is 8.07. The van der Waals surface area contributed by atoms with E-state index in [1.165, 1.54) is 6.42 Å². The van der Waals surface area contributed by atoms with E-state index in [4.69, 9.17) is 21.3 Å². The molecule has 7 aliphatic rings. The summed E-state index contributed by atoms with van der Waals surface area (Å²) in [5.74, 6) is 3.90. The average Bonchev–Trinajstić information content (AvgIpc) is 3.35. The lowest BCUT2D eigenvalue weighted by Gasteiger charge is -2.62. The van der Waals surface area contributed by atoms with Gasteiger partial charge in [0.1, 0.15) is 11.5 Å². The summed E-state index contributed by atoms with van der Waals surface area (Å²) in [7, 11) is 2.03. The van der Waals surface area contributed by atoms with E-state index in [1.807, 2.05) is 19.3 Å². The Morgan fingerprint density at radius 2 is 2.06 bits per heavy atom. The molecule has 5 fully saturated rings. The number of nitrogens with zero attached hydrogens (tertiary/aromatic N) is 5. The minimum Gasteiger partial charge on any atom is -0.373 e. The molecule has 1 aromatic heterocycles. The van der Waals surface area contributed by atoms with Crippen LogP contribution in [0.15, 0.2) is 41.5 Å². The van der Waals surface area contributed by atoms with Crippen LogP contribution in [0.5, 0.6) is 0 Å². The maximum Gasteiger partial charge on any atom is 0.229 e. The normalized spacial score (nSPS) is 39.5. The van der Waals surface area contributed by atoms with E-state index in [-0.39, 0.29) is 17.1 Å². The fraction of sp³-hybridized carbons (Fsp3) is 0.577. The second kappa shape index (κ2) is 6.99.